The van der Waals surface area contributed by atoms with Crippen molar-refractivity contribution in [2.45, 2.75) is 45.6 Å². The lowest BCUT2D eigenvalue weighted by atomic mass is 9.99. The normalized spacial score (nSPS) is 20.0. The molecule has 8 nitrogen and oxygen atoms in total. The lowest BCUT2D eigenvalue weighted by Gasteiger charge is -2.24. The van der Waals surface area contributed by atoms with Crippen molar-refractivity contribution in [3.05, 3.63) is 34.9 Å². The average Bonchev–Trinajstić information content (AvgIpc) is 3.09. The predicted octanol–water partition coefficient (Wildman–Crippen LogP) is 0.561. The van der Waals surface area contributed by atoms with E-state index in [-0.39, 0.29) is 24.7 Å². The minimum absolute atomic E-state index is 0.0348. The molecule has 3 heterocycles. The van der Waals surface area contributed by atoms with Gasteiger partial charge in [-0.15, -0.1) is 0 Å². The summed E-state index contributed by atoms with van der Waals surface area (Å²) in [5.74, 6) is -0.151. The number of carbonyl (C=O) groups is 1. The molecule has 2 aromatic rings. The Kier molecular flexibility index (Phi) is 4.68. The summed E-state index contributed by atoms with van der Waals surface area (Å²) in [4.78, 5) is 12.6. The number of aliphatic hydroxyl groups excluding tert-OH is 1. The predicted molar refractivity (Wildman–Crippen MR) is 86.4 cm³/mol. The van der Waals surface area contributed by atoms with Crippen LogP contribution in [0.2, 0.25) is 0 Å². The van der Waals surface area contributed by atoms with Crippen LogP contribution >= 0.6 is 0 Å². The molecule has 0 aliphatic carbocycles. The van der Waals surface area contributed by atoms with Crippen molar-refractivity contribution in [2.24, 2.45) is 7.05 Å². The molecule has 8 heteroatoms. The van der Waals surface area contributed by atoms with Crippen LogP contribution in [0, 0.1) is 0 Å². The summed E-state index contributed by atoms with van der Waals surface area (Å²) in [6.07, 6.45) is 4.15. The first kappa shape index (κ1) is 16.7. The molecule has 24 heavy (non-hydrogen) atoms. The molecule has 130 valence electrons. The van der Waals surface area contributed by atoms with E-state index in [1.165, 1.54) is 0 Å². The highest BCUT2D eigenvalue weighted by atomic mass is 16.5. The van der Waals surface area contributed by atoms with E-state index in [9.17, 15) is 4.79 Å². The fraction of sp³-hybridized carbons (Fsp3) is 0.562. The number of aryl methyl sites for hydroxylation is 1. The van der Waals surface area contributed by atoms with Crippen molar-refractivity contribution in [2.75, 3.05) is 6.61 Å². The van der Waals surface area contributed by atoms with Crippen molar-refractivity contribution in [1.82, 2.24) is 24.9 Å². The lowest BCUT2D eigenvalue weighted by molar-refractivity contribution is -0.00710. The van der Waals surface area contributed by atoms with Crippen molar-refractivity contribution >= 4 is 5.91 Å². The monoisotopic (exact) mass is 333 g/mol. The van der Waals surface area contributed by atoms with Gasteiger partial charge in [-0.1, -0.05) is 0 Å². The van der Waals surface area contributed by atoms with Gasteiger partial charge in [-0.25, -0.2) is 0 Å². The second kappa shape index (κ2) is 6.74. The summed E-state index contributed by atoms with van der Waals surface area (Å²) < 4.78 is 9.06. The minimum atomic E-state index is -0.151. The van der Waals surface area contributed by atoms with Gasteiger partial charge in [-0.2, -0.15) is 10.2 Å². The fourth-order valence-electron chi connectivity index (χ4n) is 3.14. The van der Waals surface area contributed by atoms with Gasteiger partial charge in [0, 0.05) is 37.3 Å². The third-order valence-corrected chi connectivity index (χ3v) is 4.17. The van der Waals surface area contributed by atoms with Gasteiger partial charge < -0.3 is 15.2 Å². The number of aromatic nitrogens is 4. The molecule has 1 aliphatic rings. The van der Waals surface area contributed by atoms with Gasteiger partial charge in [0.05, 0.1) is 37.3 Å². The minimum Gasteiger partial charge on any atom is -0.394 e. The summed E-state index contributed by atoms with van der Waals surface area (Å²) in [6, 6.07) is 0. The highest BCUT2D eigenvalue weighted by Crippen LogP contribution is 2.31. The first-order chi connectivity index (χ1) is 11.5. The molecule has 3 rings (SSSR count). The van der Waals surface area contributed by atoms with Crippen LogP contribution in [0.25, 0.3) is 0 Å². The fourth-order valence-corrected chi connectivity index (χ4v) is 3.14. The number of nitrogens with zero attached hydrogens (tertiary/aromatic N) is 4. The van der Waals surface area contributed by atoms with E-state index in [1.807, 2.05) is 20.0 Å². The molecule has 1 aliphatic heterocycles. The molecule has 0 bridgehead atoms. The topological polar surface area (TPSA) is 94.2 Å². The van der Waals surface area contributed by atoms with Crippen LogP contribution in [0.1, 0.15) is 47.3 Å². The van der Waals surface area contributed by atoms with E-state index in [2.05, 4.69) is 15.5 Å². The maximum absolute atomic E-state index is 12.6. The third kappa shape index (κ3) is 3.20. The zero-order valence-corrected chi connectivity index (χ0v) is 14.2. The smallest absolute Gasteiger partial charge is 0.270 e. The van der Waals surface area contributed by atoms with Crippen molar-refractivity contribution < 1.29 is 14.6 Å². The first-order valence-corrected chi connectivity index (χ1v) is 8.11. The highest BCUT2D eigenvalue weighted by Gasteiger charge is 2.31. The van der Waals surface area contributed by atoms with Crippen LogP contribution in [0.3, 0.4) is 0 Å². The second-order valence-electron chi connectivity index (χ2n) is 6.15. The van der Waals surface area contributed by atoms with Crippen LogP contribution in [-0.2, 0) is 31.3 Å². The SMILES string of the molecule is C[C@@H]1Cc2c(nn(C)c2C(=O)NCc2cnn(CCO)c2)[C@H](C)O1. The highest BCUT2D eigenvalue weighted by molar-refractivity contribution is 5.94. The quantitative estimate of drug-likeness (QED) is 0.834. The summed E-state index contributed by atoms with van der Waals surface area (Å²) in [6.45, 7) is 4.82. The van der Waals surface area contributed by atoms with E-state index in [4.69, 9.17) is 9.84 Å². The lowest BCUT2D eigenvalue weighted by Crippen LogP contribution is -2.28. The van der Waals surface area contributed by atoms with Crippen LogP contribution in [0.15, 0.2) is 12.4 Å². The van der Waals surface area contributed by atoms with Gasteiger partial charge in [-0.3, -0.25) is 14.2 Å². The zero-order valence-electron chi connectivity index (χ0n) is 14.2. The molecule has 0 spiro atoms. The van der Waals surface area contributed by atoms with Crippen LogP contribution in [0.4, 0.5) is 0 Å². The molecule has 1 amide bonds. The molecule has 0 unspecified atom stereocenters. The largest absolute Gasteiger partial charge is 0.394 e. The van der Waals surface area contributed by atoms with Crippen molar-refractivity contribution in [3.8, 4) is 0 Å². The molecule has 0 aromatic carbocycles. The van der Waals surface area contributed by atoms with Gasteiger partial charge in [0.2, 0.25) is 0 Å². The molecule has 0 saturated carbocycles. The van der Waals surface area contributed by atoms with Gasteiger partial charge in [-0.05, 0) is 13.8 Å². The maximum atomic E-state index is 12.6. The van der Waals surface area contributed by atoms with Gasteiger partial charge in [0.25, 0.3) is 5.91 Å². The van der Waals surface area contributed by atoms with Crippen LogP contribution < -0.4 is 5.32 Å². The third-order valence-electron chi connectivity index (χ3n) is 4.17. The molecule has 2 atom stereocenters. The first-order valence-electron chi connectivity index (χ1n) is 8.11. The molecule has 2 aromatic heterocycles. The Bertz CT molecular complexity index is 736. The van der Waals surface area contributed by atoms with Crippen LogP contribution in [-0.4, -0.2) is 43.3 Å². The Morgan fingerprint density at radius 3 is 3.04 bits per heavy atom. The number of fused-ring (bicyclic) bond motifs is 1. The maximum Gasteiger partial charge on any atom is 0.270 e. The number of hydrogen-bond acceptors (Lipinski definition) is 5. The zero-order chi connectivity index (χ0) is 17.3. The molecule has 0 radical (unpaired) electrons. The van der Waals surface area contributed by atoms with E-state index < -0.39 is 0 Å². The van der Waals surface area contributed by atoms with Gasteiger partial charge in [0.15, 0.2) is 0 Å². The van der Waals surface area contributed by atoms with Gasteiger partial charge >= 0.3 is 0 Å². The molecule has 0 fully saturated rings. The Morgan fingerprint density at radius 2 is 2.29 bits per heavy atom. The van der Waals surface area contributed by atoms with Crippen molar-refractivity contribution in [3.63, 3.8) is 0 Å². The van der Waals surface area contributed by atoms with Gasteiger partial charge in [0.1, 0.15) is 5.69 Å². The number of aliphatic hydroxyl groups is 1. The molecule has 0 saturated heterocycles. The summed E-state index contributed by atoms with van der Waals surface area (Å²) in [5, 5.41) is 20.4. The number of rotatable bonds is 5. The second-order valence-corrected chi connectivity index (χ2v) is 6.15. The number of nitrogens with one attached hydrogen (secondary N) is 1. The molecular formula is C16H23N5O3. The number of ether oxygens (including phenoxy) is 1. The van der Waals surface area contributed by atoms with E-state index in [0.29, 0.717) is 25.2 Å². The van der Waals surface area contributed by atoms with Crippen molar-refractivity contribution in [1.29, 1.82) is 0 Å². The van der Waals surface area contributed by atoms with E-state index in [0.717, 1.165) is 16.8 Å². The Balaban J connectivity index is 1.73. The standard InChI is InChI=1S/C16H23N5O3/c1-10-6-13-14(11(2)24-10)19-20(3)15(13)16(23)17-7-12-8-18-21(9-12)4-5-22/h8-11,22H,4-7H2,1-3H3,(H,17,23)/t10-,11+/m1/s1. The van der Waals surface area contributed by atoms with E-state index in [1.54, 1.807) is 22.6 Å². The summed E-state index contributed by atoms with van der Waals surface area (Å²) in [5.41, 5.74) is 3.29. The summed E-state index contributed by atoms with van der Waals surface area (Å²) >= 11 is 0. The number of carbonyl (C=O) groups excluding carboxylic acids is 1. The molecule has 2 N–H and O–H groups in total. The Morgan fingerprint density at radius 1 is 1.50 bits per heavy atom. The van der Waals surface area contributed by atoms with Crippen LogP contribution in [0.5, 0.6) is 0 Å². The summed E-state index contributed by atoms with van der Waals surface area (Å²) in [7, 11) is 1.78. The Labute approximate surface area is 140 Å². The number of hydrogen-bond donors (Lipinski definition) is 2. The van der Waals surface area contributed by atoms with E-state index >= 15 is 0 Å². The Hall–Kier alpha value is -2.19. The average molecular weight is 333 g/mol. The molecular weight excluding hydrogens is 310 g/mol. The number of amides is 1.